The van der Waals surface area contributed by atoms with Crippen LogP contribution in [0.3, 0.4) is 0 Å². The molecule has 104 valence electrons. The first kappa shape index (κ1) is 13.6. The van der Waals surface area contributed by atoms with Crippen molar-refractivity contribution in [3.8, 4) is 5.88 Å². The number of likely N-dealkylation sites (tertiary alicyclic amines) is 1. The fraction of sp³-hybridized carbons (Fsp3) is 0.571. The van der Waals surface area contributed by atoms with Crippen LogP contribution in [-0.4, -0.2) is 40.6 Å². The zero-order valence-corrected chi connectivity index (χ0v) is 11.9. The molecule has 2 amide bonds. The van der Waals surface area contributed by atoms with Gasteiger partial charge in [-0.05, 0) is 33.8 Å². The zero-order chi connectivity index (χ0) is 14.0. The number of urea groups is 1. The normalized spacial score (nSPS) is 15.9. The topological polar surface area (TPSA) is 54.5 Å². The molecule has 1 aliphatic heterocycles. The SMILES string of the molecule is Cc1cccc(OC2CN(C(=O)NC(C)(C)C)C2)n1. The van der Waals surface area contributed by atoms with E-state index in [2.05, 4.69) is 10.3 Å². The molecule has 0 bridgehead atoms. The van der Waals surface area contributed by atoms with Gasteiger partial charge in [-0.25, -0.2) is 9.78 Å². The number of nitrogens with one attached hydrogen (secondary N) is 1. The average Bonchev–Trinajstić information content (AvgIpc) is 2.20. The lowest BCUT2D eigenvalue weighted by Gasteiger charge is -2.40. The van der Waals surface area contributed by atoms with Crippen LogP contribution in [0.25, 0.3) is 0 Å². The van der Waals surface area contributed by atoms with Crippen LogP contribution in [0.1, 0.15) is 26.5 Å². The molecule has 1 aromatic heterocycles. The summed E-state index contributed by atoms with van der Waals surface area (Å²) in [4.78, 5) is 17.9. The van der Waals surface area contributed by atoms with E-state index in [1.54, 1.807) is 4.90 Å². The Kier molecular flexibility index (Phi) is 3.64. The molecule has 0 saturated carbocycles. The highest BCUT2D eigenvalue weighted by Gasteiger charge is 2.33. The van der Waals surface area contributed by atoms with Gasteiger partial charge in [-0.2, -0.15) is 0 Å². The van der Waals surface area contributed by atoms with Gasteiger partial charge in [-0.15, -0.1) is 0 Å². The first-order valence-corrected chi connectivity index (χ1v) is 6.51. The number of aromatic nitrogens is 1. The van der Waals surface area contributed by atoms with Gasteiger partial charge in [-0.3, -0.25) is 0 Å². The van der Waals surface area contributed by atoms with Crippen LogP contribution >= 0.6 is 0 Å². The van der Waals surface area contributed by atoms with Crippen LogP contribution in [-0.2, 0) is 0 Å². The van der Waals surface area contributed by atoms with Gasteiger partial charge in [0.25, 0.3) is 0 Å². The summed E-state index contributed by atoms with van der Waals surface area (Å²) in [6.45, 7) is 9.05. The molecule has 5 nitrogen and oxygen atoms in total. The van der Waals surface area contributed by atoms with Crippen molar-refractivity contribution < 1.29 is 9.53 Å². The Morgan fingerprint density at radius 3 is 2.68 bits per heavy atom. The number of ether oxygens (including phenoxy) is 1. The second-order valence-electron chi connectivity index (χ2n) is 5.94. The average molecular weight is 263 g/mol. The highest BCUT2D eigenvalue weighted by Crippen LogP contribution is 2.17. The van der Waals surface area contributed by atoms with Gasteiger partial charge in [0, 0.05) is 17.3 Å². The molecule has 0 aliphatic carbocycles. The van der Waals surface area contributed by atoms with E-state index in [1.807, 2.05) is 45.9 Å². The van der Waals surface area contributed by atoms with Gasteiger partial charge in [-0.1, -0.05) is 6.07 Å². The summed E-state index contributed by atoms with van der Waals surface area (Å²) in [5, 5.41) is 2.93. The number of rotatable bonds is 2. The maximum Gasteiger partial charge on any atom is 0.318 e. The predicted molar refractivity (Wildman–Crippen MR) is 73.2 cm³/mol. The summed E-state index contributed by atoms with van der Waals surface area (Å²) < 4.78 is 5.71. The van der Waals surface area contributed by atoms with E-state index < -0.39 is 0 Å². The van der Waals surface area contributed by atoms with Gasteiger partial charge in [0.05, 0.1) is 13.1 Å². The first-order chi connectivity index (χ1) is 8.83. The smallest absolute Gasteiger partial charge is 0.318 e. The van der Waals surface area contributed by atoms with E-state index in [4.69, 9.17) is 4.74 Å². The van der Waals surface area contributed by atoms with Crippen LogP contribution in [0.5, 0.6) is 5.88 Å². The van der Waals surface area contributed by atoms with Crippen molar-refractivity contribution >= 4 is 6.03 Å². The summed E-state index contributed by atoms with van der Waals surface area (Å²) in [6.07, 6.45) is 0.0417. The molecule has 2 rings (SSSR count). The number of nitrogens with zero attached hydrogens (tertiary/aromatic N) is 2. The molecular formula is C14H21N3O2. The Morgan fingerprint density at radius 2 is 2.11 bits per heavy atom. The van der Waals surface area contributed by atoms with Crippen LogP contribution in [0.4, 0.5) is 4.79 Å². The highest BCUT2D eigenvalue weighted by atomic mass is 16.5. The van der Waals surface area contributed by atoms with Crippen LogP contribution < -0.4 is 10.1 Å². The lowest BCUT2D eigenvalue weighted by molar-refractivity contribution is 0.0392. The van der Waals surface area contributed by atoms with Crippen LogP contribution in [0.15, 0.2) is 18.2 Å². The molecule has 1 N–H and O–H groups in total. The molecule has 1 aliphatic rings. The van der Waals surface area contributed by atoms with Gasteiger partial charge in [0.15, 0.2) is 0 Å². The second kappa shape index (κ2) is 5.07. The molecule has 2 heterocycles. The fourth-order valence-electron chi connectivity index (χ4n) is 1.83. The van der Waals surface area contributed by atoms with E-state index in [-0.39, 0.29) is 17.7 Å². The van der Waals surface area contributed by atoms with Crippen molar-refractivity contribution in [2.75, 3.05) is 13.1 Å². The van der Waals surface area contributed by atoms with Crippen molar-refractivity contribution in [3.05, 3.63) is 23.9 Å². The molecule has 0 radical (unpaired) electrons. The number of amides is 2. The highest BCUT2D eigenvalue weighted by molar-refractivity contribution is 5.75. The molecule has 1 aromatic rings. The Balaban J connectivity index is 1.79. The maximum absolute atomic E-state index is 11.8. The minimum Gasteiger partial charge on any atom is -0.471 e. The fourth-order valence-corrected chi connectivity index (χ4v) is 1.83. The third-order valence-corrected chi connectivity index (χ3v) is 2.77. The number of hydrogen-bond donors (Lipinski definition) is 1. The number of aryl methyl sites for hydroxylation is 1. The van der Waals surface area contributed by atoms with Crippen molar-refractivity contribution in [2.45, 2.75) is 39.3 Å². The lowest BCUT2D eigenvalue weighted by Crippen LogP contribution is -2.61. The maximum atomic E-state index is 11.8. The van der Waals surface area contributed by atoms with E-state index in [0.29, 0.717) is 19.0 Å². The van der Waals surface area contributed by atoms with Crippen molar-refractivity contribution in [1.29, 1.82) is 0 Å². The van der Waals surface area contributed by atoms with Gasteiger partial charge in [0.1, 0.15) is 6.10 Å². The first-order valence-electron chi connectivity index (χ1n) is 6.51. The minimum absolute atomic E-state index is 0.0375. The molecule has 5 heteroatoms. The summed E-state index contributed by atoms with van der Waals surface area (Å²) in [5.74, 6) is 0.626. The monoisotopic (exact) mass is 263 g/mol. The van der Waals surface area contributed by atoms with Crippen LogP contribution in [0.2, 0.25) is 0 Å². The van der Waals surface area contributed by atoms with Crippen molar-refractivity contribution in [2.24, 2.45) is 0 Å². The molecule has 0 spiro atoms. The Morgan fingerprint density at radius 1 is 1.42 bits per heavy atom. The Hall–Kier alpha value is -1.78. The molecular weight excluding hydrogens is 242 g/mol. The van der Waals surface area contributed by atoms with Crippen molar-refractivity contribution in [1.82, 2.24) is 15.2 Å². The number of carbonyl (C=O) groups excluding carboxylic acids is 1. The molecule has 1 saturated heterocycles. The summed E-state index contributed by atoms with van der Waals surface area (Å²) in [5.41, 5.74) is 0.723. The van der Waals surface area contributed by atoms with E-state index in [9.17, 15) is 4.79 Å². The van der Waals surface area contributed by atoms with E-state index in [0.717, 1.165) is 5.69 Å². The van der Waals surface area contributed by atoms with Crippen molar-refractivity contribution in [3.63, 3.8) is 0 Å². The minimum atomic E-state index is -0.207. The Bertz CT molecular complexity index is 462. The summed E-state index contributed by atoms with van der Waals surface area (Å²) in [7, 11) is 0. The summed E-state index contributed by atoms with van der Waals surface area (Å²) in [6, 6.07) is 5.65. The number of carbonyl (C=O) groups is 1. The standard InChI is InChI=1S/C14H21N3O2/c1-10-6-5-7-12(15-10)19-11-8-17(9-11)13(18)16-14(2,3)4/h5-7,11H,8-9H2,1-4H3,(H,16,18). The van der Waals surface area contributed by atoms with Gasteiger partial charge < -0.3 is 15.0 Å². The molecule has 1 fully saturated rings. The lowest BCUT2D eigenvalue weighted by atomic mass is 10.1. The predicted octanol–water partition coefficient (Wildman–Crippen LogP) is 1.96. The molecule has 0 unspecified atom stereocenters. The molecule has 0 aromatic carbocycles. The van der Waals surface area contributed by atoms with Gasteiger partial charge in [0.2, 0.25) is 5.88 Å². The zero-order valence-electron chi connectivity index (χ0n) is 11.9. The third kappa shape index (κ3) is 3.84. The molecule has 0 atom stereocenters. The number of pyridine rings is 1. The van der Waals surface area contributed by atoms with Crippen LogP contribution in [0, 0.1) is 6.92 Å². The van der Waals surface area contributed by atoms with Gasteiger partial charge >= 0.3 is 6.03 Å². The number of hydrogen-bond acceptors (Lipinski definition) is 3. The Labute approximate surface area is 114 Å². The quantitative estimate of drug-likeness (QED) is 0.887. The largest absolute Gasteiger partial charge is 0.471 e. The van der Waals surface area contributed by atoms with E-state index >= 15 is 0 Å². The summed E-state index contributed by atoms with van der Waals surface area (Å²) >= 11 is 0. The van der Waals surface area contributed by atoms with E-state index in [1.165, 1.54) is 0 Å². The molecule has 19 heavy (non-hydrogen) atoms. The second-order valence-corrected chi connectivity index (χ2v) is 5.94. The third-order valence-electron chi connectivity index (χ3n) is 2.77.